The molecule has 6 nitrogen and oxygen atoms in total. The number of hydrogen-bond donors (Lipinski definition) is 4. The van der Waals surface area contributed by atoms with Crippen LogP contribution in [-0.2, 0) is 4.57 Å². The molecule has 0 aliphatic heterocycles. The van der Waals surface area contributed by atoms with Gasteiger partial charge in [0, 0.05) is 0 Å². The Hall–Kier alpha value is -0.140. The fraction of sp³-hybridized carbons (Fsp3) is 0.333. The molecule has 12 heavy (non-hydrogen) atoms. The van der Waals surface area contributed by atoms with E-state index < -0.39 is 24.3 Å². The van der Waals surface area contributed by atoms with Gasteiger partial charge in [-0.15, -0.1) is 12.6 Å². The van der Waals surface area contributed by atoms with Crippen molar-refractivity contribution in [2.45, 2.75) is 0 Å². The van der Waals surface area contributed by atoms with E-state index in [0.717, 1.165) is 0 Å². The first kappa shape index (κ1) is 11.9. The second-order valence-corrected chi connectivity index (χ2v) is 4.52. The van der Waals surface area contributed by atoms with Crippen molar-refractivity contribution in [1.29, 1.82) is 0 Å². The third kappa shape index (κ3) is 4.68. The van der Waals surface area contributed by atoms with Gasteiger partial charge in [0.15, 0.2) is 0 Å². The Balaban J connectivity index is 4.46. The third-order valence-electron chi connectivity index (χ3n) is 0.787. The van der Waals surface area contributed by atoms with Crippen molar-refractivity contribution in [1.82, 2.24) is 4.90 Å². The minimum absolute atomic E-state index is 0.291. The van der Waals surface area contributed by atoms with Crippen LogP contribution in [0, 0.1) is 0 Å². The van der Waals surface area contributed by atoms with E-state index in [-0.39, 0.29) is 0 Å². The lowest BCUT2D eigenvalue weighted by atomic mass is 10.9. The molecule has 0 aliphatic carbocycles. The molecule has 0 aromatic carbocycles. The van der Waals surface area contributed by atoms with Crippen LogP contribution in [0.3, 0.4) is 0 Å². The van der Waals surface area contributed by atoms with Crippen molar-refractivity contribution >= 4 is 42.9 Å². The zero-order valence-corrected chi connectivity index (χ0v) is 8.22. The molecule has 0 saturated heterocycles. The topological polar surface area (TPSA) is 98.1 Å². The molecule has 0 bridgehead atoms. The highest BCUT2D eigenvalue weighted by molar-refractivity contribution is 8.11. The van der Waals surface area contributed by atoms with Crippen molar-refractivity contribution in [3.05, 3.63) is 0 Å². The molecule has 0 rings (SSSR count). The van der Waals surface area contributed by atoms with Crippen LogP contribution in [0.5, 0.6) is 0 Å². The minimum atomic E-state index is -4.42. The average Bonchev–Trinajstić information content (AvgIpc) is 1.79. The molecule has 1 amide bonds. The van der Waals surface area contributed by atoms with E-state index in [1.165, 1.54) is 0 Å². The largest absolute Gasteiger partial charge is 0.465 e. The van der Waals surface area contributed by atoms with Gasteiger partial charge >= 0.3 is 13.7 Å². The standard InChI is InChI=1S/C3H6NO5PS2/c5-2(6)4(3(11)12)1-10(7,8)9/h1H2,(H,5,6)(H,11,12)(H2,7,8,9). The smallest absolute Gasteiger partial charge is 0.413 e. The van der Waals surface area contributed by atoms with Gasteiger partial charge in [-0.25, -0.2) is 4.79 Å². The van der Waals surface area contributed by atoms with E-state index in [9.17, 15) is 9.36 Å². The molecule has 0 radical (unpaired) electrons. The third-order valence-corrected chi connectivity index (χ3v) is 1.90. The first-order valence-corrected chi connectivity index (χ1v) is 5.17. The number of thiol groups is 1. The Labute approximate surface area is 78.7 Å². The van der Waals surface area contributed by atoms with E-state index in [0.29, 0.717) is 4.90 Å². The number of thiocarbonyl (C=S) groups is 1. The van der Waals surface area contributed by atoms with Gasteiger partial charge in [-0.2, -0.15) is 0 Å². The molecule has 0 spiro atoms. The first-order valence-electron chi connectivity index (χ1n) is 2.52. The quantitative estimate of drug-likeness (QED) is 0.310. The lowest BCUT2D eigenvalue weighted by molar-refractivity contribution is 0.172. The summed E-state index contributed by atoms with van der Waals surface area (Å²) in [5.41, 5.74) is 0. The van der Waals surface area contributed by atoms with E-state index in [4.69, 9.17) is 14.9 Å². The summed E-state index contributed by atoms with van der Waals surface area (Å²) in [6.07, 6.45) is -2.51. The Kier molecular flexibility index (Phi) is 4.15. The molecule has 0 saturated carbocycles. The Morgan fingerprint density at radius 2 is 2.00 bits per heavy atom. The molecule has 0 aromatic rings. The predicted molar refractivity (Wildman–Crippen MR) is 48.4 cm³/mol. The summed E-state index contributed by atoms with van der Waals surface area (Å²) in [4.78, 5) is 27.4. The van der Waals surface area contributed by atoms with Gasteiger partial charge in [-0.05, 0) is 0 Å². The van der Waals surface area contributed by atoms with Gasteiger partial charge < -0.3 is 14.9 Å². The molecule has 0 heterocycles. The Bertz CT molecular complexity index is 235. The van der Waals surface area contributed by atoms with E-state index in [2.05, 4.69) is 24.8 Å². The average molecular weight is 231 g/mol. The number of hydrogen-bond acceptors (Lipinski definition) is 3. The van der Waals surface area contributed by atoms with Crippen LogP contribution in [-0.4, -0.2) is 36.5 Å². The van der Waals surface area contributed by atoms with E-state index in [1.54, 1.807) is 0 Å². The molecular weight excluding hydrogens is 225 g/mol. The summed E-state index contributed by atoms with van der Waals surface area (Å²) in [6, 6.07) is 0. The van der Waals surface area contributed by atoms with Crippen LogP contribution in [0.1, 0.15) is 0 Å². The molecule has 70 valence electrons. The normalized spacial score (nSPS) is 10.9. The minimum Gasteiger partial charge on any atom is -0.465 e. The summed E-state index contributed by atoms with van der Waals surface area (Å²) in [5.74, 6) is 0. The highest BCUT2D eigenvalue weighted by Crippen LogP contribution is 2.35. The van der Waals surface area contributed by atoms with Crippen LogP contribution in [0.2, 0.25) is 0 Å². The van der Waals surface area contributed by atoms with Crippen LogP contribution in [0.4, 0.5) is 4.79 Å². The predicted octanol–water partition coefficient (Wildman–Crippen LogP) is 0.316. The second-order valence-electron chi connectivity index (χ2n) is 1.80. The molecule has 0 unspecified atom stereocenters. The molecular formula is C3H6NO5PS2. The number of nitrogens with zero attached hydrogens (tertiary/aromatic N) is 1. The molecule has 0 aliphatic rings. The summed E-state index contributed by atoms with van der Waals surface area (Å²) < 4.78 is 9.95. The van der Waals surface area contributed by atoms with Crippen molar-refractivity contribution in [3.8, 4) is 0 Å². The van der Waals surface area contributed by atoms with Crippen molar-refractivity contribution in [2.24, 2.45) is 0 Å². The maximum absolute atomic E-state index is 10.3. The molecule has 0 aromatic heterocycles. The van der Waals surface area contributed by atoms with Gasteiger partial charge in [-0.1, -0.05) is 12.2 Å². The van der Waals surface area contributed by atoms with Gasteiger partial charge in [0.1, 0.15) is 10.6 Å². The van der Waals surface area contributed by atoms with Crippen molar-refractivity contribution < 1.29 is 24.3 Å². The van der Waals surface area contributed by atoms with Crippen molar-refractivity contribution in [3.63, 3.8) is 0 Å². The van der Waals surface area contributed by atoms with Gasteiger partial charge in [0.05, 0.1) is 0 Å². The van der Waals surface area contributed by atoms with E-state index >= 15 is 0 Å². The fourth-order valence-corrected chi connectivity index (χ4v) is 1.52. The zero-order valence-electron chi connectivity index (χ0n) is 5.62. The first-order chi connectivity index (χ1) is 5.24. The van der Waals surface area contributed by atoms with Gasteiger partial charge in [0.25, 0.3) is 0 Å². The number of carbonyl (C=O) groups is 1. The molecule has 0 atom stereocenters. The van der Waals surface area contributed by atoms with Crippen LogP contribution in [0.15, 0.2) is 0 Å². The van der Waals surface area contributed by atoms with Crippen LogP contribution in [0.25, 0.3) is 0 Å². The Morgan fingerprint density at radius 1 is 1.58 bits per heavy atom. The molecule has 9 heteroatoms. The number of rotatable bonds is 2. The SMILES string of the molecule is O=C(O)N(CP(=O)(O)O)C(=S)S. The second kappa shape index (κ2) is 4.20. The van der Waals surface area contributed by atoms with Crippen LogP contribution < -0.4 is 0 Å². The monoisotopic (exact) mass is 231 g/mol. The lowest BCUT2D eigenvalue weighted by Crippen LogP contribution is -2.32. The van der Waals surface area contributed by atoms with E-state index in [1.807, 2.05) is 0 Å². The summed E-state index contributed by atoms with van der Waals surface area (Å²) in [6.45, 7) is 0. The summed E-state index contributed by atoms with van der Waals surface area (Å²) >= 11 is 7.80. The molecule has 0 fully saturated rings. The number of amides is 1. The molecule has 3 N–H and O–H groups in total. The maximum atomic E-state index is 10.3. The summed E-state index contributed by atoms with van der Waals surface area (Å²) in [5, 5.41) is 8.35. The van der Waals surface area contributed by atoms with Crippen LogP contribution >= 0.6 is 32.4 Å². The Morgan fingerprint density at radius 3 is 2.08 bits per heavy atom. The highest BCUT2D eigenvalue weighted by Gasteiger charge is 2.24. The van der Waals surface area contributed by atoms with Gasteiger partial charge in [-0.3, -0.25) is 9.46 Å². The van der Waals surface area contributed by atoms with Crippen molar-refractivity contribution in [2.75, 3.05) is 6.29 Å². The maximum Gasteiger partial charge on any atom is 0.413 e. The van der Waals surface area contributed by atoms with Gasteiger partial charge in [0.2, 0.25) is 0 Å². The summed E-state index contributed by atoms with van der Waals surface area (Å²) in [7, 11) is -4.42. The lowest BCUT2D eigenvalue weighted by Gasteiger charge is -2.16. The fourth-order valence-electron chi connectivity index (χ4n) is 0.387. The number of carboxylic acid groups (broad SMARTS) is 1. The zero-order chi connectivity index (χ0) is 9.94. The highest BCUT2D eigenvalue weighted by atomic mass is 32.1.